The van der Waals surface area contributed by atoms with Crippen molar-refractivity contribution in [2.24, 2.45) is 10.7 Å². The third-order valence-electron chi connectivity index (χ3n) is 2.22. The molecule has 0 saturated heterocycles. The molecule has 0 bridgehead atoms. The molecule has 0 aromatic heterocycles. The van der Waals surface area contributed by atoms with Crippen LogP contribution in [0.4, 0.5) is 8.78 Å². The van der Waals surface area contributed by atoms with E-state index in [1.807, 2.05) is 6.92 Å². The molecule has 0 heterocycles. The van der Waals surface area contributed by atoms with Gasteiger partial charge in [-0.2, -0.15) is 0 Å². The van der Waals surface area contributed by atoms with Gasteiger partial charge < -0.3 is 11.1 Å². The van der Waals surface area contributed by atoms with Crippen molar-refractivity contribution in [1.29, 1.82) is 0 Å². The monoisotopic (exact) mass is 241 g/mol. The van der Waals surface area contributed by atoms with E-state index in [4.69, 9.17) is 5.73 Å². The van der Waals surface area contributed by atoms with E-state index in [-0.39, 0.29) is 0 Å². The minimum Gasteiger partial charge on any atom is -0.370 e. The molecule has 3 nitrogen and oxygen atoms in total. The first-order chi connectivity index (χ1) is 8.13. The second-order valence-corrected chi connectivity index (χ2v) is 3.68. The van der Waals surface area contributed by atoms with Crippen LogP contribution in [-0.4, -0.2) is 19.0 Å². The maximum absolute atomic E-state index is 13.2. The molecule has 17 heavy (non-hydrogen) atoms. The Balaban J connectivity index is 2.40. The Morgan fingerprint density at radius 1 is 1.41 bits per heavy atom. The van der Waals surface area contributed by atoms with Crippen molar-refractivity contribution in [2.45, 2.75) is 19.8 Å². The van der Waals surface area contributed by atoms with Gasteiger partial charge in [-0.15, -0.1) is 0 Å². The SMILES string of the molecule is CCCN=C(N)NCCc1ccc(F)cc1F. The fourth-order valence-electron chi connectivity index (χ4n) is 1.34. The lowest BCUT2D eigenvalue weighted by Crippen LogP contribution is -2.33. The van der Waals surface area contributed by atoms with Gasteiger partial charge in [-0.1, -0.05) is 13.0 Å². The van der Waals surface area contributed by atoms with Crippen molar-refractivity contribution in [2.75, 3.05) is 13.1 Å². The fraction of sp³-hybridized carbons (Fsp3) is 0.417. The maximum Gasteiger partial charge on any atom is 0.188 e. The van der Waals surface area contributed by atoms with Gasteiger partial charge in [0.1, 0.15) is 11.6 Å². The zero-order valence-corrected chi connectivity index (χ0v) is 9.84. The van der Waals surface area contributed by atoms with Gasteiger partial charge in [0.2, 0.25) is 0 Å². The van der Waals surface area contributed by atoms with Gasteiger partial charge in [0, 0.05) is 19.2 Å². The number of guanidine groups is 1. The highest BCUT2D eigenvalue weighted by molar-refractivity contribution is 5.77. The lowest BCUT2D eigenvalue weighted by atomic mass is 10.1. The van der Waals surface area contributed by atoms with Gasteiger partial charge in [0.05, 0.1) is 0 Å². The summed E-state index contributed by atoms with van der Waals surface area (Å²) < 4.78 is 25.9. The summed E-state index contributed by atoms with van der Waals surface area (Å²) in [6.45, 7) is 3.15. The van der Waals surface area contributed by atoms with Crippen LogP contribution in [0.3, 0.4) is 0 Å². The Kier molecular flexibility index (Phi) is 5.39. The molecule has 0 amide bonds. The molecule has 0 spiro atoms. The van der Waals surface area contributed by atoms with Crippen LogP contribution >= 0.6 is 0 Å². The Morgan fingerprint density at radius 2 is 2.18 bits per heavy atom. The van der Waals surface area contributed by atoms with Crippen molar-refractivity contribution < 1.29 is 8.78 Å². The van der Waals surface area contributed by atoms with E-state index in [1.54, 1.807) is 0 Å². The van der Waals surface area contributed by atoms with Crippen molar-refractivity contribution in [3.05, 3.63) is 35.4 Å². The van der Waals surface area contributed by atoms with Crippen molar-refractivity contribution >= 4 is 5.96 Å². The number of rotatable bonds is 5. The summed E-state index contributed by atoms with van der Waals surface area (Å²) in [6, 6.07) is 3.56. The zero-order valence-electron chi connectivity index (χ0n) is 9.84. The Labute approximate surface area is 99.7 Å². The summed E-state index contributed by atoms with van der Waals surface area (Å²) >= 11 is 0. The van der Waals surface area contributed by atoms with E-state index in [1.165, 1.54) is 12.1 Å². The molecule has 1 aromatic rings. The second kappa shape index (κ2) is 6.83. The lowest BCUT2D eigenvalue weighted by molar-refractivity contribution is 0.571. The minimum atomic E-state index is -0.566. The predicted octanol–water partition coefficient (Wildman–Crippen LogP) is 1.82. The maximum atomic E-state index is 13.2. The number of halogens is 2. The summed E-state index contributed by atoms with van der Waals surface area (Å²) in [7, 11) is 0. The van der Waals surface area contributed by atoms with E-state index in [0.29, 0.717) is 31.0 Å². The van der Waals surface area contributed by atoms with E-state index >= 15 is 0 Å². The first-order valence-electron chi connectivity index (χ1n) is 5.61. The Morgan fingerprint density at radius 3 is 2.82 bits per heavy atom. The van der Waals surface area contributed by atoms with Gasteiger partial charge >= 0.3 is 0 Å². The van der Waals surface area contributed by atoms with Crippen LogP contribution in [-0.2, 0) is 6.42 Å². The van der Waals surface area contributed by atoms with E-state index < -0.39 is 11.6 Å². The minimum absolute atomic E-state index is 0.356. The largest absolute Gasteiger partial charge is 0.370 e. The molecule has 0 fully saturated rings. The standard InChI is InChI=1S/C12H17F2N3/c1-2-6-16-12(15)17-7-5-9-3-4-10(13)8-11(9)14/h3-4,8H,2,5-7H2,1H3,(H3,15,16,17). The lowest BCUT2D eigenvalue weighted by Gasteiger charge is -2.06. The third kappa shape index (κ3) is 4.80. The average Bonchev–Trinajstić information content (AvgIpc) is 2.29. The average molecular weight is 241 g/mol. The summed E-state index contributed by atoms with van der Waals surface area (Å²) in [5, 5.41) is 2.88. The first kappa shape index (κ1) is 13.4. The normalized spacial score (nSPS) is 11.6. The van der Waals surface area contributed by atoms with Crippen LogP contribution in [0, 0.1) is 11.6 Å². The molecule has 0 atom stereocenters. The van der Waals surface area contributed by atoms with E-state index in [9.17, 15) is 8.78 Å². The molecular formula is C12H17F2N3. The molecule has 3 N–H and O–H groups in total. The smallest absolute Gasteiger partial charge is 0.188 e. The van der Waals surface area contributed by atoms with Crippen LogP contribution in [0.5, 0.6) is 0 Å². The Bertz CT molecular complexity index is 391. The number of aliphatic imine (C=N–C) groups is 1. The molecule has 1 rings (SSSR count). The van der Waals surface area contributed by atoms with Crippen molar-refractivity contribution in [3.8, 4) is 0 Å². The first-order valence-corrected chi connectivity index (χ1v) is 5.61. The van der Waals surface area contributed by atoms with Crippen molar-refractivity contribution in [1.82, 2.24) is 5.32 Å². The summed E-state index contributed by atoms with van der Waals surface area (Å²) in [6.07, 6.45) is 1.36. The van der Waals surface area contributed by atoms with Crippen molar-refractivity contribution in [3.63, 3.8) is 0 Å². The predicted molar refractivity (Wildman–Crippen MR) is 64.8 cm³/mol. The van der Waals surface area contributed by atoms with Crippen LogP contribution in [0.15, 0.2) is 23.2 Å². The number of benzene rings is 1. The number of nitrogens with zero attached hydrogens (tertiary/aromatic N) is 1. The molecule has 0 radical (unpaired) electrons. The molecule has 5 heteroatoms. The number of nitrogens with two attached hydrogens (primary N) is 1. The summed E-state index contributed by atoms with van der Waals surface area (Å²) in [5.41, 5.74) is 6.03. The number of nitrogens with one attached hydrogen (secondary N) is 1. The number of hydrogen-bond donors (Lipinski definition) is 2. The Hall–Kier alpha value is -1.65. The molecule has 0 aliphatic heterocycles. The quantitative estimate of drug-likeness (QED) is 0.610. The van der Waals surface area contributed by atoms with E-state index in [2.05, 4.69) is 10.3 Å². The van der Waals surface area contributed by atoms with Gasteiger partial charge in [0.15, 0.2) is 5.96 Å². The summed E-state index contributed by atoms with van der Waals surface area (Å²) in [5.74, 6) is -0.742. The fourth-order valence-corrected chi connectivity index (χ4v) is 1.34. The molecule has 94 valence electrons. The molecule has 0 saturated carbocycles. The zero-order chi connectivity index (χ0) is 12.7. The summed E-state index contributed by atoms with van der Waals surface area (Å²) in [4.78, 5) is 4.04. The molecule has 1 aromatic carbocycles. The van der Waals surface area contributed by atoms with Gasteiger partial charge in [-0.05, 0) is 24.5 Å². The van der Waals surface area contributed by atoms with Gasteiger partial charge in [-0.25, -0.2) is 8.78 Å². The molecule has 0 unspecified atom stereocenters. The second-order valence-electron chi connectivity index (χ2n) is 3.68. The highest BCUT2D eigenvalue weighted by Gasteiger charge is 2.03. The van der Waals surface area contributed by atoms with Crippen LogP contribution in [0.1, 0.15) is 18.9 Å². The number of hydrogen-bond acceptors (Lipinski definition) is 1. The van der Waals surface area contributed by atoms with Gasteiger partial charge in [-0.3, -0.25) is 4.99 Å². The highest BCUT2D eigenvalue weighted by Crippen LogP contribution is 2.09. The molecular weight excluding hydrogens is 224 g/mol. The van der Waals surface area contributed by atoms with Crippen LogP contribution in [0.25, 0.3) is 0 Å². The van der Waals surface area contributed by atoms with Gasteiger partial charge in [0.25, 0.3) is 0 Å². The third-order valence-corrected chi connectivity index (χ3v) is 2.22. The molecule has 0 aliphatic rings. The van der Waals surface area contributed by atoms with E-state index in [0.717, 1.165) is 12.5 Å². The molecule has 0 aliphatic carbocycles. The van der Waals surface area contributed by atoms with Crippen LogP contribution in [0.2, 0.25) is 0 Å². The topological polar surface area (TPSA) is 50.4 Å². The highest BCUT2D eigenvalue weighted by atomic mass is 19.1. The van der Waals surface area contributed by atoms with Crippen LogP contribution < -0.4 is 11.1 Å².